The fourth-order valence-corrected chi connectivity index (χ4v) is 13.2. The van der Waals surface area contributed by atoms with Gasteiger partial charge in [-0.1, -0.05) is 0 Å². The number of nitrogens with zero attached hydrogens (tertiary/aromatic N) is 3. The van der Waals surface area contributed by atoms with Gasteiger partial charge in [0.25, 0.3) is 21.9 Å². The average molecular weight is 957 g/mol. The molecule has 1 fully saturated rings. The molecule has 0 radical (unpaired) electrons. The third-order valence-electron chi connectivity index (χ3n) is 12.2. The number of thioether (sulfide) groups is 1. The predicted molar refractivity (Wildman–Crippen MR) is 231 cm³/mol. The molecular weight excluding hydrogens is 921 g/mol. The highest BCUT2D eigenvalue weighted by Gasteiger charge is 2.44. The third kappa shape index (κ3) is 6.64. The first kappa shape index (κ1) is 43.2. The summed E-state index contributed by atoms with van der Waals surface area (Å²) >= 11 is 2.70. The van der Waals surface area contributed by atoms with E-state index in [9.17, 15) is 40.3 Å². The molecule has 0 atom stereocenters. The van der Waals surface area contributed by atoms with Gasteiger partial charge in [-0.2, -0.15) is 16.8 Å². The lowest BCUT2D eigenvalue weighted by Crippen LogP contribution is -2.46. The van der Waals surface area contributed by atoms with E-state index in [1.165, 1.54) is 17.4 Å². The van der Waals surface area contributed by atoms with E-state index in [0.29, 0.717) is 55.5 Å². The molecule has 0 spiro atoms. The van der Waals surface area contributed by atoms with Crippen molar-refractivity contribution in [2.24, 2.45) is 0 Å². The zero-order chi connectivity index (χ0) is 45.6. The van der Waals surface area contributed by atoms with Gasteiger partial charge in [-0.15, -0.1) is 39.5 Å². The minimum absolute atomic E-state index is 0.0324. The Kier molecular flexibility index (Phi) is 9.77. The van der Waals surface area contributed by atoms with Gasteiger partial charge in [-0.3, -0.25) is 18.7 Å². The molecule has 14 nitrogen and oxygen atoms in total. The first-order chi connectivity index (χ1) is 29.3. The normalized spacial score (nSPS) is 17.1. The molecule has 6 heterocycles. The molecule has 0 saturated carbocycles. The van der Waals surface area contributed by atoms with Gasteiger partial charge < -0.3 is 14.5 Å². The lowest BCUT2D eigenvalue weighted by molar-refractivity contribution is -0.195. The maximum atomic E-state index is 17.6. The van der Waals surface area contributed by atoms with Crippen molar-refractivity contribution in [1.29, 1.82) is 0 Å². The van der Waals surface area contributed by atoms with Crippen molar-refractivity contribution < 1.29 is 58.7 Å². The van der Waals surface area contributed by atoms with Crippen molar-refractivity contribution >= 4 is 83.7 Å². The van der Waals surface area contributed by atoms with Crippen LogP contribution in [0.1, 0.15) is 67.7 Å². The SMILES string of the molecule is Cc1cc2c(s1)-c1cc3c(cc1N(C)C2(C)C)Oc1cc2c(cc1=C3c1c(F)c(SCC(=O)ON3C(=O)CCC3=O)cc(F)c1S(=O)(=O)O)-c1sc(S(=O)(=O)O)cc1C(C)(C)[N+]=2C. The Labute approximate surface area is 371 Å². The third-order valence-corrected chi connectivity index (χ3v) is 17.6. The van der Waals surface area contributed by atoms with E-state index in [0.717, 1.165) is 26.7 Å². The summed E-state index contributed by atoms with van der Waals surface area (Å²) in [5.74, 6) is -6.15. The van der Waals surface area contributed by atoms with E-state index >= 15 is 8.78 Å². The highest BCUT2D eigenvalue weighted by atomic mass is 32.3. The summed E-state index contributed by atoms with van der Waals surface area (Å²) in [7, 11) is -6.58. The number of anilines is 1. The molecule has 0 bridgehead atoms. The summed E-state index contributed by atoms with van der Waals surface area (Å²) in [4.78, 5) is 44.3. The minimum Gasteiger partial charge on any atom is -0.456 e. The molecule has 0 aliphatic carbocycles. The molecule has 0 unspecified atom stereocenters. The summed E-state index contributed by atoms with van der Waals surface area (Å²) in [5, 5.41) is 0.854. The number of hydrogen-bond donors (Lipinski definition) is 2. The van der Waals surface area contributed by atoms with Crippen molar-refractivity contribution in [1.82, 2.24) is 9.64 Å². The fourth-order valence-electron chi connectivity index (χ4n) is 8.52. The van der Waals surface area contributed by atoms with Gasteiger partial charge in [0, 0.05) is 93.2 Å². The quantitative estimate of drug-likeness (QED) is 0.0783. The summed E-state index contributed by atoms with van der Waals surface area (Å²) < 4.78 is 115. The van der Waals surface area contributed by atoms with Gasteiger partial charge in [0.15, 0.2) is 5.54 Å². The molecule has 5 aromatic rings. The molecule has 1 saturated heterocycles. The molecule has 2 aromatic heterocycles. The number of carbonyl (C=O) groups is 3. The molecular formula is C42H36F2N3O11S5+. The van der Waals surface area contributed by atoms with Gasteiger partial charge in [-0.25, -0.2) is 18.2 Å². The Morgan fingerprint density at radius 1 is 0.889 bits per heavy atom. The standard InChI is InChI=1S/C42H35F2N3O11S5/c1-18-10-23-38(60-18)19-11-21-28(15-26(19)45(6)41(23,2)3)57-29-16-27-20(39-24(42(4,5)46(27)7)13-34(61-39)62(51,52)53)12-22(29)35(21)36-37(44)30(14-25(43)40(36)63(54,55)56)59-17-33(50)58-47-31(48)8-9-32(47)49/h10-16H,8-9,17H2,1-7H3,(H-,51,52,53,54,55,56)/p+1. The van der Waals surface area contributed by atoms with Crippen LogP contribution in [-0.4, -0.2) is 68.6 Å². The summed E-state index contributed by atoms with van der Waals surface area (Å²) in [6.07, 6.45) is -0.357. The van der Waals surface area contributed by atoms with Gasteiger partial charge in [0.2, 0.25) is 5.36 Å². The maximum Gasteiger partial charge on any atom is 0.343 e. The zero-order valence-corrected chi connectivity index (χ0v) is 38.5. The Morgan fingerprint density at radius 3 is 2.21 bits per heavy atom. The molecule has 328 valence electrons. The largest absolute Gasteiger partial charge is 0.456 e. The van der Waals surface area contributed by atoms with Crippen LogP contribution in [0, 0.1) is 18.6 Å². The van der Waals surface area contributed by atoms with Crippen LogP contribution in [0.25, 0.3) is 26.5 Å². The van der Waals surface area contributed by atoms with E-state index in [2.05, 4.69) is 19.9 Å². The van der Waals surface area contributed by atoms with Crippen LogP contribution in [0.4, 0.5) is 14.5 Å². The van der Waals surface area contributed by atoms with E-state index in [1.807, 2.05) is 37.3 Å². The lowest BCUT2D eigenvalue weighted by atomic mass is 9.83. The number of benzene rings is 3. The van der Waals surface area contributed by atoms with Gasteiger partial charge in [-0.05, 0) is 56.7 Å². The molecule has 63 heavy (non-hydrogen) atoms. The van der Waals surface area contributed by atoms with E-state index < -0.39 is 81.8 Å². The molecule has 2 N–H and O–H groups in total. The molecule has 2 amide bonds. The Balaban J connectivity index is 1.36. The average Bonchev–Trinajstić information content (AvgIpc) is 3.92. The van der Waals surface area contributed by atoms with E-state index in [-0.39, 0.29) is 44.9 Å². The first-order valence-corrected chi connectivity index (χ1v) is 24.6. The van der Waals surface area contributed by atoms with Crippen molar-refractivity contribution in [3.05, 3.63) is 91.8 Å². The molecule has 21 heteroatoms. The summed E-state index contributed by atoms with van der Waals surface area (Å²) in [6, 6.07) is 10.5. The van der Waals surface area contributed by atoms with E-state index in [1.54, 1.807) is 31.3 Å². The van der Waals surface area contributed by atoms with Crippen molar-refractivity contribution in [3.8, 4) is 32.4 Å². The van der Waals surface area contributed by atoms with E-state index in [4.69, 9.17) is 9.57 Å². The Morgan fingerprint density at radius 2 is 1.56 bits per heavy atom. The number of ether oxygens (including phenoxy) is 1. The van der Waals surface area contributed by atoms with Crippen LogP contribution in [0.2, 0.25) is 0 Å². The maximum absolute atomic E-state index is 17.6. The van der Waals surface area contributed by atoms with Crippen molar-refractivity contribution in [2.75, 3.05) is 24.7 Å². The van der Waals surface area contributed by atoms with Crippen LogP contribution in [0.15, 0.2) is 56.5 Å². The van der Waals surface area contributed by atoms with Crippen molar-refractivity contribution in [3.63, 3.8) is 0 Å². The number of imide groups is 1. The Bertz CT molecular complexity index is 3320. The number of amides is 2. The van der Waals surface area contributed by atoms with Crippen molar-refractivity contribution in [2.45, 2.75) is 72.5 Å². The number of hydroxylamine groups is 2. The molecule has 3 aromatic carbocycles. The van der Waals surface area contributed by atoms with Gasteiger partial charge >= 0.3 is 16.1 Å². The van der Waals surface area contributed by atoms with Gasteiger partial charge in [0.1, 0.15) is 39.3 Å². The number of fused-ring (bicyclic) bond motifs is 8. The highest BCUT2D eigenvalue weighted by molar-refractivity contribution is 8.00. The van der Waals surface area contributed by atoms with Crippen LogP contribution in [0.3, 0.4) is 0 Å². The number of rotatable bonds is 7. The van der Waals surface area contributed by atoms with Crippen LogP contribution in [0.5, 0.6) is 11.5 Å². The molecule has 9 rings (SSSR count). The molecule has 4 aliphatic rings. The second-order valence-electron chi connectivity index (χ2n) is 16.5. The van der Waals surface area contributed by atoms with Crippen LogP contribution < -0.4 is 24.8 Å². The number of hydrogen-bond acceptors (Lipinski definition) is 13. The Hall–Kier alpha value is -5.03. The summed E-state index contributed by atoms with van der Waals surface area (Å²) in [6.45, 7) is 9.77. The van der Waals surface area contributed by atoms with Crippen LogP contribution >= 0.6 is 34.4 Å². The smallest absolute Gasteiger partial charge is 0.343 e. The predicted octanol–water partition coefficient (Wildman–Crippen LogP) is 6.33. The highest BCUT2D eigenvalue weighted by Crippen LogP contribution is 2.54. The number of thiophene rings is 2. The lowest BCUT2D eigenvalue weighted by Gasteiger charge is -2.43. The summed E-state index contributed by atoms with van der Waals surface area (Å²) in [5.41, 5.74) is 0.900. The first-order valence-electron chi connectivity index (χ1n) is 19.1. The fraction of sp³-hybridized carbons (Fsp3) is 0.286. The second-order valence-corrected chi connectivity index (χ2v) is 22.8. The van der Waals surface area contributed by atoms with Crippen LogP contribution in [-0.2, 0) is 50.5 Å². The number of halogens is 2. The zero-order valence-electron chi connectivity index (χ0n) is 34.4. The topological polar surface area (TPSA) is 188 Å². The second kappa shape index (κ2) is 14.2. The monoisotopic (exact) mass is 956 g/mol. The minimum atomic E-state index is -5.57. The number of carbonyl (C=O) groups excluding carboxylic acids is 3. The van der Waals surface area contributed by atoms with Gasteiger partial charge in [0.05, 0.1) is 27.8 Å². The molecule has 4 aliphatic heterocycles. The number of aryl methyl sites for hydroxylation is 1.